The van der Waals surface area contributed by atoms with Crippen LogP contribution in [0.1, 0.15) is 30.9 Å². The zero-order valence-corrected chi connectivity index (χ0v) is 9.65. The van der Waals surface area contributed by atoms with Gasteiger partial charge in [-0.3, -0.25) is 9.78 Å². The van der Waals surface area contributed by atoms with Gasteiger partial charge in [-0.15, -0.1) is 0 Å². The van der Waals surface area contributed by atoms with E-state index in [1.807, 2.05) is 0 Å². The van der Waals surface area contributed by atoms with E-state index in [0.717, 1.165) is 18.7 Å². The predicted octanol–water partition coefficient (Wildman–Crippen LogP) is 1.11. The molecule has 2 aromatic heterocycles. The van der Waals surface area contributed by atoms with Crippen molar-refractivity contribution in [2.75, 3.05) is 0 Å². The summed E-state index contributed by atoms with van der Waals surface area (Å²) in [5, 5.41) is 11.2. The van der Waals surface area contributed by atoms with E-state index >= 15 is 0 Å². The van der Waals surface area contributed by atoms with Crippen LogP contribution in [0.3, 0.4) is 0 Å². The first kappa shape index (κ1) is 11.1. The summed E-state index contributed by atoms with van der Waals surface area (Å²) in [5.74, 6) is 0.583. The third kappa shape index (κ3) is 1.94. The number of rotatable bonds is 4. The summed E-state index contributed by atoms with van der Waals surface area (Å²) in [6.45, 7) is 2.85. The first-order valence-corrected chi connectivity index (χ1v) is 5.44. The minimum absolute atomic E-state index is 0.427. The second-order valence-corrected chi connectivity index (χ2v) is 3.86. The summed E-state index contributed by atoms with van der Waals surface area (Å²) in [5.41, 5.74) is 6.82. The van der Waals surface area contributed by atoms with Gasteiger partial charge in [-0.05, 0) is 6.42 Å². The molecular formula is C9H13ClN6. The van der Waals surface area contributed by atoms with Gasteiger partial charge >= 0.3 is 0 Å². The lowest BCUT2D eigenvalue weighted by molar-refractivity contribution is 0.553. The van der Waals surface area contributed by atoms with Crippen LogP contribution in [0.25, 0.3) is 0 Å². The lowest BCUT2D eigenvalue weighted by Gasteiger charge is -2.11. The van der Waals surface area contributed by atoms with Crippen LogP contribution < -0.4 is 5.73 Å². The molecule has 0 saturated heterocycles. The third-order valence-corrected chi connectivity index (χ3v) is 2.58. The topological polar surface area (TPSA) is 85.4 Å². The van der Waals surface area contributed by atoms with Crippen LogP contribution in [-0.2, 0) is 6.54 Å². The Kier molecular flexibility index (Phi) is 3.21. The molecule has 1 unspecified atom stereocenters. The Morgan fingerprint density at radius 2 is 2.44 bits per heavy atom. The Bertz CT molecular complexity index is 449. The van der Waals surface area contributed by atoms with Crippen molar-refractivity contribution in [3.8, 4) is 0 Å². The number of aryl methyl sites for hydroxylation is 1. The van der Waals surface area contributed by atoms with Crippen LogP contribution in [0.4, 0.5) is 0 Å². The quantitative estimate of drug-likeness (QED) is 0.839. The largest absolute Gasteiger partial charge is 0.316 e. The maximum absolute atomic E-state index is 6.07. The van der Waals surface area contributed by atoms with E-state index in [-0.39, 0.29) is 0 Å². The van der Waals surface area contributed by atoms with Gasteiger partial charge in [0.1, 0.15) is 18.2 Å². The van der Waals surface area contributed by atoms with Crippen molar-refractivity contribution in [1.29, 1.82) is 0 Å². The van der Waals surface area contributed by atoms with Gasteiger partial charge in [0.05, 0.1) is 16.9 Å². The predicted molar refractivity (Wildman–Crippen MR) is 59.9 cm³/mol. The molecule has 0 aliphatic rings. The molecular weight excluding hydrogens is 228 g/mol. The number of halogens is 1. The SMILES string of the molecule is CCCn1ncc(Cl)c1C(N)c1ncn[nH]1. The fourth-order valence-corrected chi connectivity index (χ4v) is 1.82. The standard InChI is InChI=1S/C9H13ClN6/c1-2-3-16-8(6(10)4-14-16)7(11)9-12-5-13-15-9/h4-5,7H,2-3,11H2,1H3,(H,12,13,15). The highest BCUT2D eigenvalue weighted by molar-refractivity contribution is 6.31. The number of aromatic nitrogens is 5. The van der Waals surface area contributed by atoms with Crippen LogP contribution in [0.2, 0.25) is 5.02 Å². The number of aromatic amines is 1. The highest BCUT2D eigenvalue weighted by Gasteiger charge is 2.20. The molecule has 0 aliphatic heterocycles. The van der Waals surface area contributed by atoms with E-state index in [2.05, 4.69) is 27.2 Å². The van der Waals surface area contributed by atoms with Crippen molar-refractivity contribution in [2.24, 2.45) is 5.73 Å². The summed E-state index contributed by atoms with van der Waals surface area (Å²) < 4.78 is 1.80. The second-order valence-electron chi connectivity index (χ2n) is 3.45. The van der Waals surface area contributed by atoms with Gasteiger partial charge in [-0.1, -0.05) is 18.5 Å². The summed E-state index contributed by atoms with van der Waals surface area (Å²) in [6.07, 6.45) is 3.99. The minimum atomic E-state index is -0.427. The third-order valence-electron chi connectivity index (χ3n) is 2.29. The van der Waals surface area contributed by atoms with Crippen molar-refractivity contribution in [1.82, 2.24) is 25.0 Å². The normalized spacial score (nSPS) is 12.9. The van der Waals surface area contributed by atoms with E-state index in [1.165, 1.54) is 6.33 Å². The molecule has 86 valence electrons. The summed E-state index contributed by atoms with van der Waals surface area (Å²) in [4.78, 5) is 4.02. The maximum Gasteiger partial charge on any atom is 0.147 e. The van der Waals surface area contributed by atoms with Crippen LogP contribution in [0.5, 0.6) is 0 Å². The molecule has 6 nitrogen and oxygen atoms in total. The second kappa shape index (κ2) is 4.63. The molecule has 7 heteroatoms. The Morgan fingerprint density at radius 1 is 1.62 bits per heavy atom. The van der Waals surface area contributed by atoms with Crippen molar-refractivity contribution in [2.45, 2.75) is 25.9 Å². The molecule has 0 radical (unpaired) electrons. The monoisotopic (exact) mass is 240 g/mol. The van der Waals surface area contributed by atoms with Gasteiger partial charge in [0.25, 0.3) is 0 Å². The van der Waals surface area contributed by atoms with E-state index in [0.29, 0.717) is 10.8 Å². The average molecular weight is 241 g/mol. The van der Waals surface area contributed by atoms with Crippen molar-refractivity contribution < 1.29 is 0 Å². The smallest absolute Gasteiger partial charge is 0.147 e. The fourth-order valence-electron chi connectivity index (χ4n) is 1.57. The molecule has 0 saturated carbocycles. The molecule has 2 rings (SSSR count). The Balaban J connectivity index is 2.35. The first-order chi connectivity index (χ1) is 7.74. The molecule has 0 aromatic carbocycles. The van der Waals surface area contributed by atoms with Crippen LogP contribution in [-0.4, -0.2) is 25.0 Å². The van der Waals surface area contributed by atoms with Gasteiger partial charge < -0.3 is 5.73 Å². The Morgan fingerprint density at radius 3 is 3.06 bits per heavy atom. The molecule has 0 aliphatic carbocycles. The highest BCUT2D eigenvalue weighted by atomic mass is 35.5. The van der Waals surface area contributed by atoms with E-state index in [9.17, 15) is 0 Å². The molecule has 3 N–H and O–H groups in total. The number of nitrogens with zero attached hydrogens (tertiary/aromatic N) is 4. The fraction of sp³-hybridized carbons (Fsp3) is 0.444. The lowest BCUT2D eigenvalue weighted by atomic mass is 10.2. The van der Waals surface area contributed by atoms with Gasteiger partial charge in [0.15, 0.2) is 0 Å². The molecule has 2 aromatic rings. The van der Waals surface area contributed by atoms with Gasteiger partial charge in [-0.25, -0.2) is 4.98 Å². The van der Waals surface area contributed by atoms with Gasteiger partial charge in [0.2, 0.25) is 0 Å². The Labute approximate surface area is 97.8 Å². The molecule has 2 heterocycles. The van der Waals surface area contributed by atoms with E-state index in [4.69, 9.17) is 17.3 Å². The lowest BCUT2D eigenvalue weighted by Crippen LogP contribution is -2.19. The maximum atomic E-state index is 6.07. The molecule has 0 bridgehead atoms. The summed E-state index contributed by atoms with van der Waals surface area (Å²) >= 11 is 6.07. The number of H-pyrrole nitrogens is 1. The number of hydrogen-bond donors (Lipinski definition) is 2. The number of nitrogens with one attached hydrogen (secondary N) is 1. The van der Waals surface area contributed by atoms with Crippen LogP contribution in [0.15, 0.2) is 12.5 Å². The van der Waals surface area contributed by atoms with E-state index in [1.54, 1.807) is 10.9 Å². The molecule has 16 heavy (non-hydrogen) atoms. The van der Waals surface area contributed by atoms with Gasteiger partial charge in [-0.2, -0.15) is 10.2 Å². The zero-order chi connectivity index (χ0) is 11.5. The van der Waals surface area contributed by atoms with Crippen molar-refractivity contribution in [3.05, 3.63) is 29.1 Å². The van der Waals surface area contributed by atoms with Crippen LogP contribution >= 0.6 is 11.6 Å². The zero-order valence-electron chi connectivity index (χ0n) is 8.89. The van der Waals surface area contributed by atoms with Gasteiger partial charge in [0, 0.05) is 6.54 Å². The molecule has 0 fully saturated rings. The summed E-state index contributed by atoms with van der Waals surface area (Å²) in [7, 11) is 0. The molecule has 0 amide bonds. The Hall–Kier alpha value is -1.40. The summed E-state index contributed by atoms with van der Waals surface area (Å²) in [6, 6.07) is -0.427. The van der Waals surface area contributed by atoms with E-state index < -0.39 is 6.04 Å². The number of hydrogen-bond acceptors (Lipinski definition) is 4. The molecule has 0 spiro atoms. The van der Waals surface area contributed by atoms with Crippen molar-refractivity contribution in [3.63, 3.8) is 0 Å². The average Bonchev–Trinajstić information content (AvgIpc) is 2.88. The highest BCUT2D eigenvalue weighted by Crippen LogP contribution is 2.24. The minimum Gasteiger partial charge on any atom is -0.316 e. The van der Waals surface area contributed by atoms with Crippen molar-refractivity contribution >= 4 is 11.6 Å². The van der Waals surface area contributed by atoms with Crippen LogP contribution in [0, 0.1) is 0 Å². The first-order valence-electron chi connectivity index (χ1n) is 5.06. The number of nitrogens with two attached hydrogens (primary N) is 1. The molecule has 1 atom stereocenters.